The zero-order valence-electron chi connectivity index (χ0n) is 13.2. The van der Waals surface area contributed by atoms with Gasteiger partial charge >= 0.3 is 5.97 Å². The number of esters is 1. The van der Waals surface area contributed by atoms with Crippen LogP contribution in [-0.2, 0) is 4.74 Å². The third-order valence-electron chi connectivity index (χ3n) is 3.53. The first-order chi connectivity index (χ1) is 10.6. The highest BCUT2D eigenvalue weighted by Gasteiger charge is 2.23. The molecule has 0 amide bonds. The van der Waals surface area contributed by atoms with E-state index in [1.165, 1.54) is 0 Å². The van der Waals surface area contributed by atoms with Gasteiger partial charge in [0, 0.05) is 11.1 Å². The van der Waals surface area contributed by atoms with Crippen LogP contribution >= 0.6 is 0 Å². The van der Waals surface area contributed by atoms with E-state index in [0.29, 0.717) is 23.3 Å². The molecule has 2 rings (SSSR count). The first kappa shape index (κ1) is 16.0. The van der Waals surface area contributed by atoms with E-state index in [9.17, 15) is 9.59 Å². The fourth-order valence-corrected chi connectivity index (χ4v) is 2.37. The van der Waals surface area contributed by atoms with Gasteiger partial charge in [-0.2, -0.15) is 0 Å². The summed E-state index contributed by atoms with van der Waals surface area (Å²) in [6, 6.07) is 12.7. The average molecular weight is 296 g/mol. The summed E-state index contributed by atoms with van der Waals surface area (Å²) in [7, 11) is 0. The number of ether oxygens (including phenoxy) is 1. The zero-order chi connectivity index (χ0) is 16.1. The molecule has 0 aliphatic heterocycles. The Kier molecular flexibility index (Phi) is 5.10. The van der Waals surface area contributed by atoms with Crippen LogP contribution in [0, 0.1) is 13.8 Å². The third kappa shape index (κ3) is 3.25. The fraction of sp³-hybridized carbons (Fsp3) is 0.263. The quantitative estimate of drug-likeness (QED) is 0.616. The Labute approximate surface area is 130 Å². The molecule has 0 radical (unpaired) electrons. The van der Waals surface area contributed by atoms with Crippen LogP contribution in [-0.4, -0.2) is 18.4 Å². The number of carbonyl (C=O) groups is 2. The molecule has 0 aliphatic rings. The molecule has 0 N–H and O–H groups in total. The molecule has 0 unspecified atom stereocenters. The summed E-state index contributed by atoms with van der Waals surface area (Å²) in [6.07, 6.45) is 0.749. The molecule has 2 aromatic carbocycles. The molecular formula is C19H20O3. The highest BCUT2D eigenvalue weighted by molar-refractivity contribution is 6.15. The van der Waals surface area contributed by atoms with Crippen LogP contribution < -0.4 is 0 Å². The second-order valence-electron chi connectivity index (χ2n) is 5.28. The number of ketones is 1. The van der Waals surface area contributed by atoms with Crippen LogP contribution in [0.3, 0.4) is 0 Å². The lowest BCUT2D eigenvalue weighted by molar-refractivity contribution is 0.0501. The Morgan fingerprint density at radius 2 is 1.50 bits per heavy atom. The van der Waals surface area contributed by atoms with Gasteiger partial charge in [0.05, 0.1) is 12.2 Å². The van der Waals surface area contributed by atoms with Crippen LogP contribution in [0.25, 0.3) is 0 Å². The van der Waals surface area contributed by atoms with Gasteiger partial charge in [-0.05, 0) is 31.4 Å². The monoisotopic (exact) mass is 296 g/mol. The number of hydrogen-bond donors (Lipinski definition) is 0. The number of aryl methyl sites for hydroxylation is 2. The van der Waals surface area contributed by atoms with Crippen molar-refractivity contribution in [2.45, 2.75) is 27.2 Å². The minimum atomic E-state index is -0.428. The summed E-state index contributed by atoms with van der Waals surface area (Å²) in [5.74, 6) is -0.576. The summed E-state index contributed by atoms with van der Waals surface area (Å²) >= 11 is 0. The van der Waals surface area contributed by atoms with Gasteiger partial charge in [0.1, 0.15) is 0 Å². The fourth-order valence-electron chi connectivity index (χ4n) is 2.37. The Morgan fingerprint density at radius 3 is 2.09 bits per heavy atom. The Bertz CT molecular complexity index is 687. The van der Waals surface area contributed by atoms with Crippen LogP contribution in [0.15, 0.2) is 42.5 Å². The summed E-state index contributed by atoms with van der Waals surface area (Å²) in [4.78, 5) is 25.2. The maximum atomic E-state index is 12.8. The molecule has 0 spiro atoms. The van der Waals surface area contributed by atoms with E-state index in [2.05, 4.69) is 0 Å². The standard InChI is InChI=1S/C19H20O3/c1-4-12-22-19(21)17-14(3)11-10-13(2)16(17)18(20)15-8-6-5-7-9-15/h5-11H,4,12H2,1-3H3. The molecular weight excluding hydrogens is 276 g/mol. The minimum absolute atomic E-state index is 0.148. The average Bonchev–Trinajstić information content (AvgIpc) is 2.54. The molecule has 114 valence electrons. The molecule has 2 aromatic rings. The van der Waals surface area contributed by atoms with Crippen molar-refractivity contribution >= 4 is 11.8 Å². The van der Waals surface area contributed by atoms with E-state index >= 15 is 0 Å². The maximum Gasteiger partial charge on any atom is 0.339 e. The Morgan fingerprint density at radius 1 is 0.909 bits per heavy atom. The van der Waals surface area contributed by atoms with E-state index in [4.69, 9.17) is 4.74 Å². The van der Waals surface area contributed by atoms with Crippen molar-refractivity contribution in [2.75, 3.05) is 6.61 Å². The zero-order valence-corrected chi connectivity index (χ0v) is 13.2. The predicted molar refractivity (Wildman–Crippen MR) is 86.4 cm³/mol. The molecule has 0 aliphatic carbocycles. The van der Waals surface area contributed by atoms with Crippen molar-refractivity contribution in [1.29, 1.82) is 0 Å². The van der Waals surface area contributed by atoms with Crippen molar-refractivity contribution in [1.82, 2.24) is 0 Å². The third-order valence-corrected chi connectivity index (χ3v) is 3.53. The molecule has 0 bridgehead atoms. The molecule has 0 fully saturated rings. The minimum Gasteiger partial charge on any atom is -0.462 e. The number of carbonyl (C=O) groups excluding carboxylic acids is 2. The van der Waals surface area contributed by atoms with Crippen molar-refractivity contribution in [3.05, 3.63) is 70.3 Å². The summed E-state index contributed by atoms with van der Waals surface area (Å²) in [5, 5.41) is 0. The van der Waals surface area contributed by atoms with Gasteiger partial charge in [-0.25, -0.2) is 4.79 Å². The summed E-state index contributed by atoms with van der Waals surface area (Å²) in [6.45, 7) is 5.95. The largest absolute Gasteiger partial charge is 0.462 e. The van der Waals surface area contributed by atoms with Gasteiger partial charge < -0.3 is 4.74 Å². The predicted octanol–water partition coefficient (Wildman–Crippen LogP) is 4.10. The maximum absolute atomic E-state index is 12.8. The van der Waals surface area contributed by atoms with E-state index in [-0.39, 0.29) is 5.78 Å². The summed E-state index contributed by atoms with van der Waals surface area (Å²) < 4.78 is 5.25. The van der Waals surface area contributed by atoms with Crippen molar-refractivity contribution in [3.8, 4) is 0 Å². The van der Waals surface area contributed by atoms with Crippen LogP contribution in [0.4, 0.5) is 0 Å². The molecule has 0 atom stereocenters. The van der Waals surface area contributed by atoms with E-state index in [1.54, 1.807) is 12.1 Å². The molecule has 0 heterocycles. The normalized spacial score (nSPS) is 10.3. The van der Waals surface area contributed by atoms with Gasteiger partial charge in [-0.1, -0.05) is 49.4 Å². The van der Waals surface area contributed by atoms with Crippen LogP contribution in [0.5, 0.6) is 0 Å². The lowest BCUT2D eigenvalue weighted by Crippen LogP contribution is -2.16. The van der Waals surface area contributed by atoms with E-state index < -0.39 is 5.97 Å². The van der Waals surface area contributed by atoms with Gasteiger partial charge in [0.15, 0.2) is 5.78 Å². The number of benzene rings is 2. The first-order valence-corrected chi connectivity index (χ1v) is 7.43. The Balaban J connectivity index is 2.53. The molecule has 3 nitrogen and oxygen atoms in total. The lowest BCUT2D eigenvalue weighted by atomic mass is 9.91. The van der Waals surface area contributed by atoms with Gasteiger partial charge in [0.2, 0.25) is 0 Å². The topological polar surface area (TPSA) is 43.4 Å². The summed E-state index contributed by atoms with van der Waals surface area (Å²) in [5.41, 5.74) is 2.92. The molecule has 22 heavy (non-hydrogen) atoms. The van der Waals surface area contributed by atoms with Crippen LogP contribution in [0.2, 0.25) is 0 Å². The second kappa shape index (κ2) is 7.03. The molecule has 0 saturated heterocycles. The van der Waals surface area contributed by atoms with Gasteiger partial charge in [-0.3, -0.25) is 4.79 Å². The van der Waals surface area contributed by atoms with E-state index in [1.807, 2.05) is 51.1 Å². The highest BCUT2D eigenvalue weighted by atomic mass is 16.5. The smallest absolute Gasteiger partial charge is 0.339 e. The van der Waals surface area contributed by atoms with E-state index in [0.717, 1.165) is 17.5 Å². The number of hydrogen-bond acceptors (Lipinski definition) is 3. The van der Waals surface area contributed by atoms with Crippen molar-refractivity contribution in [3.63, 3.8) is 0 Å². The van der Waals surface area contributed by atoms with Crippen LogP contribution in [0.1, 0.15) is 50.8 Å². The second-order valence-corrected chi connectivity index (χ2v) is 5.28. The molecule has 0 saturated carbocycles. The van der Waals surface area contributed by atoms with Crippen molar-refractivity contribution < 1.29 is 14.3 Å². The molecule has 0 aromatic heterocycles. The Hall–Kier alpha value is -2.42. The van der Waals surface area contributed by atoms with Gasteiger partial charge in [0.25, 0.3) is 0 Å². The lowest BCUT2D eigenvalue weighted by Gasteiger charge is -2.14. The van der Waals surface area contributed by atoms with Crippen molar-refractivity contribution in [2.24, 2.45) is 0 Å². The van der Waals surface area contributed by atoms with Gasteiger partial charge in [-0.15, -0.1) is 0 Å². The molecule has 3 heteroatoms. The highest BCUT2D eigenvalue weighted by Crippen LogP contribution is 2.23. The SMILES string of the molecule is CCCOC(=O)c1c(C)ccc(C)c1C(=O)c1ccccc1. The number of rotatable bonds is 5. The first-order valence-electron chi connectivity index (χ1n) is 7.43.